The molecule has 0 fully saturated rings. The zero-order valence-corrected chi connectivity index (χ0v) is 12.1. The van der Waals surface area contributed by atoms with Crippen LogP contribution in [-0.2, 0) is 5.75 Å². The van der Waals surface area contributed by atoms with Gasteiger partial charge in [0, 0.05) is 18.1 Å². The number of hydrogen-bond acceptors (Lipinski definition) is 5. The van der Waals surface area contributed by atoms with Gasteiger partial charge in [0.1, 0.15) is 17.3 Å². The Morgan fingerprint density at radius 3 is 2.90 bits per heavy atom. The second kappa shape index (κ2) is 7.58. The molecule has 0 saturated heterocycles. The van der Waals surface area contributed by atoms with Crippen LogP contribution >= 0.6 is 11.8 Å². The molecule has 0 aliphatic carbocycles. The first-order valence-electron chi connectivity index (χ1n) is 6.33. The number of aromatic nitrogens is 2. The van der Waals surface area contributed by atoms with E-state index < -0.39 is 5.91 Å². The molecule has 21 heavy (non-hydrogen) atoms. The molecule has 0 bridgehead atoms. The average molecular weight is 306 g/mol. The van der Waals surface area contributed by atoms with Gasteiger partial charge < -0.3 is 11.1 Å². The van der Waals surface area contributed by atoms with Gasteiger partial charge in [-0.2, -0.15) is 11.8 Å². The minimum absolute atomic E-state index is 0.124. The molecule has 1 heterocycles. The molecular weight excluding hydrogens is 291 g/mol. The van der Waals surface area contributed by atoms with Crippen LogP contribution in [0, 0.1) is 5.82 Å². The van der Waals surface area contributed by atoms with E-state index in [4.69, 9.17) is 5.73 Å². The normalized spacial score (nSPS) is 10.3. The van der Waals surface area contributed by atoms with Gasteiger partial charge in [0.2, 0.25) is 0 Å². The molecule has 0 saturated carbocycles. The number of primary amides is 1. The lowest BCUT2D eigenvalue weighted by molar-refractivity contribution is 0.0995. The molecule has 0 aliphatic rings. The van der Waals surface area contributed by atoms with Crippen molar-refractivity contribution >= 4 is 23.5 Å². The third kappa shape index (κ3) is 4.71. The number of benzene rings is 1. The first kappa shape index (κ1) is 15.2. The maximum absolute atomic E-state index is 13.4. The van der Waals surface area contributed by atoms with Crippen molar-refractivity contribution in [2.75, 3.05) is 17.6 Å². The van der Waals surface area contributed by atoms with E-state index in [9.17, 15) is 9.18 Å². The van der Waals surface area contributed by atoms with Gasteiger partial charge in [0.05, 0.1) is 12.4 Å². The lowest BCUT2D eigenvalue weighted by Gasteiger charge is -2.06. The Kier molecular flexibility index (Phi) is 5.51. The number of halogens is 1. The summed E-state index contributed by atoms with van der Waals surface area (Å²) < 4.78 is 13.4. The Morgan fingerprint density at radius 1 is 1.33 bits per heavy atom. The highest BCUT2D eigenvalue weighted by atomic mass is 32.2. The van der Waals surface area contributed by atoms with Crippen molar-refractivity contribution in [1.29, 1.82) is 0 Å². The standard InChI is InChI=1S/C14H15FN4OS/c15-11-4-2-1-3-10(11)9-21-6-5-18-13-8-17-7-12(19-13)14(16)20/h1-4,7-8H,5-6,9H2,(H2,16,20)(H,18,19). The van der Waals surface area contributed by atoms with Gasteiger partial charge in [-0.15, -0.1) is 0 Å². The Bertz CT molecular complexity index is 623. The molecule has 0 atom stereocenters. The largest absolute Gasteiger partial charge is 0.368 e. The molecule has 1 aromatic heterocycles. The van der Waals surface area contributed by atoms with Crippen molar-refractivity contribution in [2.45, 2.75) is 5.75 Å². The average Bonchev–Trinajstić information content (AvgIpc) is 2.49. The number of nitrogens with zero attached hydrogens (tertiary/aromatic N) is 2. The number of carbonyl (C=O) groups is 1. The fourth-order valence-corrected chi connectivity index (χ4v) is 2.46. The van der Waals surface area contributed by atoms with E-state index >= 15 is 0 Å². The van der Waals surface area contributed by atoms with Crippen LogP contribution in [0.25, 0.3) is 0 Å². The van der Waals surface area contributed by atoms with Crippen molar-refractivity contribution in [1.82, 2.24) is 9.97 Å². The molecule has 110 valence electrons. The van der Waals surface area contributed by atoms with E-state index in [-0.39, 0.29) is 11.5 Å². The molecule has 2 aromatic rings. The Morgan fingerprint density at radius 2 is 2.14 bits per heavy atom. The van der Waals surface area contributed by atoms with Crippen LogP contribution < -0.4 is 11.1 Å². The number of hydrogen-bond donors (Lipinski definition) is 2. The van der Waals surface area contributed by atoms with Crippen LogP contribution in [0.5, 0.6) is 0 Å². The smallest absolute Gasteiger partial charge is 0.268 e. The SMILES string of the molecule is NC(=O)c1cncc(NCCSCc2ccccc2F)n1. The highest BCUT2D eigenvalue weighted by molar-refractivity contribution is 7.98. The first-order chi connectivity index (χ1) is 10.2. The molecule has 1 amide bonds. The summed E-state index contributed by atoms with van der Waals surface area (Å²) in [4.78, 5) is 18.9. The summed E-state index contributed by atoms with van der Waals surface area (Å²) in [6, 6.07) is 6.73. The second-order valence-electron chi connectivity index (χ2n) is 4.22. The van der Waals surface area contributed by atoms with Crippen LogP contribution in [0.4, 0.5) is 10.2 Å². The molecule has 7 heteroatoms. The van der Waals surface area contributed by atoms with Crippen molar-refractivity contribution in [3.8, 4) is 0 Å². The van der Waals surface area contributed by atoms with E-state index in [1.165, 1.54) is 18.5 Å². The van der Waals surface area contributed by atoms with Gasteiger partial charge in [-0.1, -0.05) is 18.2 Å². The van der Waals surface area contributed by atoms with Crippen molar-refractivity contribution < 1.29 is 9.18 Å². The zero-order valence-electron chi connectivity index (χ0n) is 11.3. The van der Waals surface area contributed by atoms with E-state index in [1.807, 2.05) is 6.07 Å². The van der Waals surface area contributed by atoms with Gasteiger partial charge in [0.25, 0.3) is 5.91 Å². The van der Waals surface area contributed by atoms with Gasteiger partial charge in [-0.3, -0.25) is 9.78 Å². The van der Waals surface area contributed by atoms with Gasteiger partial charge in [-0.25, -0.2) is 9.37 Å². The molecule has 1 aromatic carbocycles. The fraction of sp³-hybridized carbons (Fsp3) is 0.214. The molecular formula is C14H15FN4OS. The van der Waals surface area contributed by atoms with Crippen LogP contribution in [0.3, 0.4) is 0 Å². The summed E-state index contributed by atoms with van der Waals surface area (Å²) in [6.07, 6.45) is 2.84. The summed E-state index contributed by atoms with van der Waals surface area (Å²) in [6.45, 7) is 0.635. The topological polar surface area (TPSA) is 80.9 Å². The number of carbonyl (C=O) groups excluding carboxylic acids is 1. The van der Waals surface area contributed by atoms with Crippen molar-refractivity contribution in [3.05, 3.63) is 53.7 Å². The minimum atomic E-state index is -0.611. The third-order valence-corrected chi connectivity index (χ3v) is 3.66. The van der Waals surface area contributed by atoms with E-state index in [2.05, 4.69) is 15.3 Å². The summed E-state index contributed by atoms with van der Waals surface area (Å²) >= 11 is 1.61. The fourth-order valence-electron chi connectivity index (χ4n) is 1.62. The van der Waals surface area contributed by atoms with Crippen LogP contribution in [-0.4, -0.2) is 28.2 Å². The summed E-state index contributed by atoms with van der Waals surface area (Å²) in [5.41, 5.74) is 5.95. The zero-order chi connectivity index (χ0) is 15.1. The molecule has 0 unspecified atom stereocenters. The highest BCUT2D eigenvalue weighted by Crippen LogP contribution is 2.15. The molecule has 0 spiro atoms. The quantitative estimate of drug-likeness (QED) is 0.765. The van der Waals surface area contributed by atoms with Crippen molar-refractivity contribution in [3.63, 3.8) is 0 Å². The molecule has 3 N–H and O–H groups in total. The summed E-state index contributed by atoms with van der Waals surface area (Å²) in [5, 5.41) is 3.04. The Hall–Kier alpha value is -2.15. The number of nitrogens with one attached hydrogen (secondary N) is 1. The van der Waals surface area contributed by atoms with E-state index in [0.717, 1.165) is 5.75 Å². The molecule has 2 rings (SSSR count). The second-order valence-corrected chi connectivity index (χ2v) is 5.33. The van der Waals surface area contributed by atoms with Gasteiger partial charge in [0.15, 0.2) is 0 Å². The number of anilines is 1. The van der Waals surface area contributed by atoms with E-state index in [1.54, 1.807) is 23.9 Å². The predicted molar refractivity (Wildman–Crippen MR) is 81.6 cm³/mol. The predicted octanol–water partition coefficient (Wildman–Crippen LogP) is 2.06. The lowest BCUT2D eigenvalue weighted by Crippen LogP contribution is -2.15. The van der Waals surface area contributed by atoms with E-state index in [0.29, 0.717) is 23.7 Å². The van der Waals surface area contributed by atoms with Gasteiger partial charge >= 0.3 is 0 Å². The van der Waals surface area contributed by atoms with Crippen LogP contribution in [0.1, 0.15) is 16.1 Å². The number of nitrogens with two attached hydrogens (primary N) is 1. The Labute approximate surface area is 126 Å². The monoisotopic (exact) mass is 306 g/mol. The minimum Gasteiger partial charge on any atom is -0.368 e. The summed E-state index contributed by atoms with van der Waals surface area (Å²) in [7, 11) is 0. The first-order valence-corrected chi connectivity index (χ1v) is 7.49. The lowest BCUT2D eigenvalue weighted by atomic mass is 10.2. The number of rotatable bonds is 7. The number of amides is 1. The van der Waals surface area contributed by atoms with Crippen molar-refractivity contribution in [2.24, 2.45) is 5.73 Å². The third-order valence-electron chi connectivity index (χ3n) is 2.65. The highest BCUT2D eigenvalue weighted by Gasteiger charge is 2.04. The van der Waals surface area contributed by atoms with Gasteiger partial charge in [-0.05, 0) is 11.6 Å². The molecule has 5 nitrogen and oxygen atoms in total. The molecule has 0 radical (unpaired) electrons. The Balaban J connectivity index is 1.74. The van der Waals surface area contributed by atoms with Crippen LogP contribution in [0.15, 0.2) is 36.7 Å². The maximum Gasteiger partial charge on any atom is 0.268 e. The molecule has 0 aliphatic heterocycles. The van der Waals surface area contributed by atoms with Crippen LogP contribution in [0.2, 0.25) is 0 Å². The maximum atomic E-state index is 13.4. The summed E-state index contributed by atoms with van der Waals surface area (Å²) in [5.74, 6) is 1.09. The number of thioether (sulfide) groups is 1.